The number of hydrogen-bond acceptors (Lipinski definition) is 4. The molecule has 0 fully saturated rings. The number of halogens is 1. The lowest BCUT2D eigenvalue weighted by Crippen LogP contribution is -2.10. The number of hydrogen-bond donors (Lipinski definition) is 1. The summed E-state index contributed by atoms with van der Waals surface area (Å²) in [4.78, 5) is 4.27. The van der Waals surface area contributed by atoms with Gasteiger partial charge in [0.25, 0.3) is 0 Å². The third-order valence-corrected chi connectivity index (χ3v) is 3.25. The van der Waals surface area contributed by atoms with Gasteiger partial charge < -0.3 is 15.2 Å². The van der Waals surface area contributed by atoms with E-state index in [9.17, 15) is 0 Å². The summed E-state index contributed by atoms with van der Waals surface area (Å²) in [6, 6.07) is 7.12. The van der Waals surface area contributed by atoms with Gasteiger partial charge in [-0.3, -0.25) is 4.98 Å². The highest BCUT2D eigenvalue weighted by Crippen LogP contribution is 2.33. The maximum atomic E-state index is 5.77. The summed E-state index contributed by atoms with van der Waals surface area (Å²) in [5.41, 5.74) is 6.29. The Hall–Kier alpha value is -1.66. The summed E-state index contributed by atoms with van der Waals surface area (Å²) in [6.45, 7) is 0. The zero-order valence-corrected chi connectivity index (χ0v) is 12.5. The highest BCUT2D eigenvalue weighted by Gasteiger charge is 2.10. The molecule has 4 nitrogen and oxygen atoms in total. The van der Waals surface area contributed by atoms with Gasteiger partial charge in [-0.15, -0.1) is 0 Å². The molecule has 0 radical (unpaired) electrons. The molecule has 1 aromatic heterocycles. The molecular weight excluding hydrogens is 328 g/mol. The molecule has 1 aromatic carbocycles. The molecule has 0 unspecified atom stereocenters. The van der Waals surface area contributed by atoms with Gasteiger partial charge in [-0.1, -0.05) is 12.2 Å². The molecule has 0 amide bonds. The molecule has 0 bridgehead atoms. The number of benzene rings is 1. The van der Waals surface area contributed by atoms with Crippen LogP contribution >= 0.6 is 28.1 Å². The van der Waals surface area contributed by atoms with Crippen LogP contribution in [0, 0.1) is 0 Å². The van der Waals surface area contributed by atoms with E-state index in [1.165, 1.54) is 0 Å². The van der Waals surface area contributed by atoms with Crippen LogP contribution in [-0.4, -0.2) is 17.1 Å². The van der Waals surface area contributed by atoms with Crippen LogP contribution < -0.4 is 15.2 Å². The van der Waals surface area contributed by atoms with Crippen molar-refractivity contribution in [1.82, 2.24) is 4.98 Å². The van der Waals surface area contributed by atoms with E-state index in [0.717, 1.165) is 10.2 Å². The van der Waals surface area contributed by atoms with E-state index < -0.39 is 0 Å². The van der Waals surface area contributed by atoms with Crippen LogP contribution in [0.5, 0.6) is 17.2 Å². The van der Waals surface area contributed by atoms with Crippen molar-refractivity contribution < 1.29 is 9.47 Å². The molecule has 19 heavy (non-hydrogen) atoms. The Labute approximate surface area is 124 Å². The van der Waals surface area contributed by atoms with Gasteiger partial charge >= 0.3 is 0 Å². The van der Waals surface area contributed by atoms with E-state index in [1.54, 1.807) is 37.7 Å². The van der Waals surface area contributed by atoms with Crippen LogP contribution in [0.2, 0.25) is 0 Å². The fourth-order valence-corrected chi connectivity index (χ4v) is 2.08. The number of aromatic nitrogens is 1. The second kappa shape index (κ2) is 5.99. The minimum atomic E-state index is 0.266. The number of methoxy groups -OCH3 is 1. The topological polar surface area (TPSA) is 57.4 Å². The Kier molecular flexibility index (Phi) is 4.34. The highest BCUT2D eigenvalue weighted by atomic mass is 79.9. The van der Waals surface area contributed by atoms with Gasteiger partial charge in [0.15, 0.2) is 5.75 Å². The maximum absolute atomic E-state index is 5.77. The Bertz CT molecular complexity index is 619. The molecule has 2 N–H and O–H groups in total. The molecule has 0 saturated carbocycles. The van der Waals surface area contributed by atoms with Gasteiger partial charge in [-0.05, 0) is 40.2 Å². The van der Waals surface area contributed by atoms with Crippen LogP contribution in [0.25, 0.3) is 0 Å². The summed E-state index contributed by atoms with van der Waals surface area (Å²) in [5.74, 6) is 1.88. The average Bonchev–Trinajstić information content (AvgIpc) is 2.41. The van der Waals surface area contributed by atoms with Crippen molar-refractivity contribution in [3.05, 3.63) is 46.7 Å². The number of thiocarbonyl (C=S) groups is 1. The van der Waals surface area contributed by atoms with Crippen LogP contribution in [0.4, 0.5) is 0 Å². The third kappa shape index (κ3) is 3.21. The van der Waals surface area contributed by atoms with E-state index >= 15 is 0 Å². The molecule has 0 atom stereocenters. The number of nitrogens with two attached hydrogens (primary N) is 1. The average molecular weight is 339 g/mol. The lowest BCUT2D eigenvalue weighted by Gasteiger charge is -2.11. The van der Waals surface area contributed by atoms with Crippen LogP contribution in [0.3, 0.4) is 0 Å². The molecule has 0 aliphatic rings. The van der Waals surface area contributed by atoms with Crippen molar-refractivity contribution in [3.8, 4) is 17.2 Å². The summed E-state index contributed by atoms with van der Waals surface area (Å²) in [7, 11) is 1.61. The summed E-state index contributed by atoms with van der Waals surface area (Å²) in [6.07, 6.45) is 3.19. The Morgan fingerprint density at radius 2 is 2.11 bits per heavy atom. The first-order valence-corrected chi connectivity index (χ1v) is 6.57. The van der Waals surface area contributed by atoms with Gasteiger partial charge in [0, 0.05) is 6.20 Å². The number of rotatable bonds is 4. The van der Waals surface area contributed by atoms with Crippen molar-refractivity contribution in [2.45, 2.75) is 0 Å². The monoisotopic (exact) mass is 338 g/mol. The molecule has 0 spiro atoms. The van der Waals surface area contributed by atoms with Gasteiger partial charge in [0.1, 0.15) is 16.5 Å². The molecular formula is C13H11BrN2O2S. The van der Waals surface area contributed by atoms with E-state index in [0.29, 0.717) is 17.1 Å². The molecule has 98 valence electrons. The molecule has 2 aromatic rings. The summed E-state index contributed by atoms with van der Waals surface area (Å²) >= 11 is 8.39. The first-order valence-electron chi connectivity index (χ1n) is 5.37. The second-order valence-corrected chi connectivity index (χ2v) is 4.93. The summed E-state index contributed by atoms with van der Waals surface area (Å²) in [5, 5.41) is 0. The van der Waals surface area contributed by atoms with Crippen molar-refractivity contribution in [3.63, 3.8) is 0 Å². The SMILES string of the molecule is COc1ccc(Oc2cnccc2C(N)=S)c(Br)c1. The zero-order valence-electron chi connectivity index (χ0n) is 10.1. The fraction of sp³-hybridized carbons (Fsp3) is 0.0769. The van der Waals surface area contributed by atoms with Gasteiger partial charge in [0.05, 0.1) is 23.3 Å². The van der Waals surface area contributed by atoms with Gasteiger partial charge in [-0.2, -0.15) is 0 Å². The minimum absolute atomic E-state index is 0.266. The molecule has 0 aliphatic carbocycles. The van der Waals surface area contributed by atoms with Crippen LogP contribution in [0.1, 0.15) is 5.56 Å². The van der Waals surface area contributed by atoms with Crippen molar-refractivity contribution in [1.29, 1.82) is 0 Å². The predicted molar refractivity (Wildman–Crippen MR) is 80.9 cm³/mol. The molecule has 1 heterocycles. The Morgan fingerprint density at radius 3 is 2.74 bits per heavy atom. The fourth-order valence-electron chi connectivity index (χ4n) is 1.47. The highest BCUT2D eigenvalue weighted by molar-refractivity contribution is 9.10. The van der Waals surface area contributed by atoms with E-state index in [1.807, 2.05) is 6.07 Å². The van der Waals surface area contributed by atoms with E-state index in [2.05, 4.69) is 20.9 Å². The minimum Gasteiger partial charge on any atom is -0.497 e. The number of ether oxygens (including phenoxy) is 2. The lowest BCUT2D eigenvalue weighted by atomic mass is 10.2. The number of nitrogens with zero attached hydrogens (tertiary/aromatic N) is 1. The van der Waals surface area contributed by atoms with Gasteiger partial charge in [0.2, 0.25) is 0 Å². The van der Waals surface area contributed by atoms with Crippen molar-refractivity contribution in [2.75, 3.05) is 7.11 Å². The van der Waals surface area contributed by atoms with Crippen molar-refractivity contribution in [2.24, 2.45) is 5.73 Å². The Balaban J connectivity index is 2.34. The first-order chi connectivity index (χ1) is 9.11. The normalized spacial score (nSPS) is 10.0. The lowest BCUT2D eigenvalue weighted by molar-refractivity contribution is 0.412. The second-order valence-electron chi connectivity index (χ2n) is 3.63. The number of pyridine rings is 1. The largest absolute Gasteiger partial charge is 0.497 e. The first kappa shape index (κ1) is 13.8. The molecule has 6 heteroatoms. The van der Waals surface area contributed by atoms with Crippen molar-refractivity contribution >= 4 is 33.1 Å². The maximum Gasteiger partial charge on any atom is 0.155 e. The molecule has 2 rings (SSSR count). The van der Waals surface area contributed by atoms with E-state index in [-0.39, 0.29) is 4.99 Å². The predicted octanol–water partition coefficient (Wildman–Crippen LogP) is 3.28. The van der Waals surface area contributed by atoms with Crippen LogP contribution in [0.15, 0.2) is 41.1 Å². The molecule has 0 aliphatic heterocycles. The third-order valence-electron chi connectivity index (χ3n) is 2.41. The standard InChI is InChI=1S/C13H11BrN2O2S/c1-17-8-2-3-11(10(14)6-8)18-12-7-16-5-4-9(12)13(15)19/h2-7H,1H3,(H2,15,19). The Morgan fingerprint density at radius 1 is 1.32 bits per heavy atom. The quantitative estimate of drug-likeness (QED) is 0.867. The smallest absolute Gasteiger partial charge is 0.155 e. The summed E-state index contributed by atoms with van der Waals surface area (Å²) < 4.78 is 11.7. The van der Waals surface area contributed by atoms with Crippen LogP contribution in [-0.2, 0) is 0 Å². The van der Waals surface area contributed by atoms with Gasteiger partial charge in [-0.25, -0.2) is 0 Å². The molecule has 0 saturated heterocycles. The van der Waals surface area contributed by atoms with E-state index in [4.69, 9.17) is 27.4 Å². The zero-order chi connectivity index (χ0) is 13.8.